The van der Waals surface area contributed by atoms with E-state index in [9.17, 15) is 4.39 Å². The van der Waals surface area contributed by atoms with Gasteiger partial charge in [0.1, 0.15) is 5.82 Å². The molecule has 0 radical (unpaired) electrons. The number of rotatable bonds is 4. The summed E-state index contributed by atoms with van der Waals surface area (Å²) in [5.41, 5.74) is 1.57. The molecule has 0 aliphatic heterocycles. The monoisotopic (exact) mass is 341 g/mol. The zero-order valence-corrected chi connectivity index (χ0v) is 12.8. The first-order valence-electron chi connectivity index (χ1n) is 6.05. The normalized spacial score (nSPS) is 12.4. The second-order valence-corrected chi connectivity index (χ2v) is 5.56. The number of hydrogen-bond acceptors (Lipinski definition) is 1. The number of hydrogen-bond donors (Lipinski definition) is 1. The minimum Gasteiger partial charge on any atom is -0.306 e. The molecular weight excluding hydrogens is 329 g/mol. The van der Waals surface area contributed by atoms with E-state index in [2.05, 4.69) is 21.2 Å². The molecule has 0 fully saturated rings. The topological polar surface area (TPSA) is 12.0 Å². The summed E-state index contributed by atoms with van der Waals surface area (Å²) in [4.78, 5) is 0. The standard InChI is InChI=1S/C15H14BrClFN/c1-2-19-15(10-4-3-5-12(17)8-10)13-7-6-11(16)9-14(13)18/h3-9,15,19H,2H2,1H3. The fourth-order valence-corrected chi connectivity index (χ4v) is 2.57. The maximum Gasteiger partial charge on any atom is 0.129 e. The van der Waals surface area contributed by atoms with Crippen molar-refractivity contribution in [3.05, 3.63) is 68.9 Å². The van der Waals surface area contributed by atoms with Gasteiger partial charge in [-0.1, -0.05) is 52.7 Å². The van der Waals surface area contributed by atoms with Crippen LogP contribution in [0.3, 0.4) is 0 Å². The molecule has 0 aromatic heterocycles. The van der Waals surface area contributed by atoms with Crippen LogP contribution in [-0.4, -0.2) is 6.54 Å². The molecule has 1 nitrogen and oxygen atoms in total. The van der Waals surface area contributed by atoms with Crippen molar-refractivity contribution < 1.29 is 4.39 Å². The molecule has 0 spiro atoms. The molecule has 1 N–H and O–H groups in total. The molecule has 0 saturated heterocycles. The predicted molar refractivity (Wildman–Crippen MR) is 81.1 cm³/mol. The van der Waals surface area contributed by atoms with Crippen molar-refractivity contribution in [3.63, 3.8) is 0 Å². The van der Waals surface area contributed by atoms with Gasteiger partial charge in [-0.2, -0.15) is 0 Å². The third kappa shape index (κ3) is 3.56. The predicted octanol–water partition coefficient (Wildman–Crippen LogP) is 4.94. The highest BCUT2D eigenvalue weighted by molar-refractivity contribution is 9.10. The molecule has 0 aliphatic rings. The van der Waals surface area contributed by atoms with Crippen LogP contribution in [0.5, 0.6) is 0 Å². The minimum absolute atomic E-state index is 0.197. The lowest BCUT2D eigenvalue weighted by molar-refractivity contribution is 0.558. The van der Waals surface area contributed by atoms with Crippen molar-refractivity contribution >= 4 is 27.5 Å². The Bertz CT molecular complexity index is 574. The Morgan fingerprint density at radius 2 is 2.05 bits per heavy atom. The third-order valence-electron chi connectivity index (χ3n) is 2.86. The van der Waals surface area contributed by atoms with Gasteiger partial charge in [0.2, 0.25) is 0 Å². The smallest absolute Gasteiger partial charge is 0.129 e. The van der Waals surface area contributed by atoms with Crippen LogP contribution in [0.25, 0.3) is 0 Å². The quantitative estimate of drug-likeness (QED) is 0.830. The number of halogens is 3. The van der Waals surface area contributed by atoms with Crippen molar-refractivity contribution in [2.75, 3.05) is 6.54 Å². The minimum atomic E-state index is -0.236. The summed E-state index contributed by atoms with van der Waals surface area (Å²) in [6.45, 7) is 2.74. The summed E-state index contributed by atoms with van der Waals surface area (Å²) in [6.07, 6.45) is 0. The van der Waals surface area contributed by atoms with E-state index in [0.717, 1.165) is 16.6 Å². The first-order valence-corrected chi connectivity index (χ1v) is 7.22. The van der Waals surface area contributed by atoms with E-state index in [1.807, 2.05) is 37.3 Å². The van der Waals surface area contributed by atoms with Gasteiger partial charge in [-0.25, -0.2) is 4.39 Å². The van der Waals surface area contributed by atoms with E-state index in [1.54, 1.807) is 6.07 Å². The molecular formula is C15H14BrClFN. The van der Waals surface area contributed by atoms with Gasteiger partial charge in [-0.3, -0.25) is 0 Å². The Labute approximate surface area is 125 Å². The van der Waals surface area contributed by atoms with Gasteiger partial charge in [-0.15, -0.1) is 0 Å². The largest absolute Gasteiger partial charge is 0.306 e. The molecule has 100 valence electrons. The Morgan fingerprint density at radius 3 is 2.68 bits per heavy atom. The number of nitrogens with one attached hydrogen (secondary N) is 1. The lowest BCUT2D eigenvalue weighted by atomic mass is 9.98. The molecule has 2 aromatic rings. The summed E-state index contributed by atoms with van der Waals surface area (Å²) in [7, 11) is 0. The van der Waals surface area contributed by atoms with Gasteiger partial charge in [0, 0.05) is 15.1 Å². The van der Waals surface area contributed by atoms with Crippen LogP contribution in [0.2, 0.25) is 5.02 Å². The lowest BCUT2D eigenvalue weighted by Gasteiger charge is -2.20. The van der Waals surface area contributed by atoms with E-state index in [0.29, 0.717) is 10.6 Å². The molecule has 0 aliphatic carbocycles. The van der Waals surface area contributed by atoms with Gasteiger partial charge in [0.25, 0.3) is 0 Å². The van der Waals surface area contributed by atoms with Crippen molar-refractivity contribution in [1.29, 1.82) is 0 Å². The zero-order valence-electron chi connectivity index (χ0n) is 10.5. The van der Waals surface area contributed by atoms with E-state index < -0.39 is 0 Å². The average Bonchev–Trinajstić information content (AvgIpc) is 2.37. The van der Waals surface area contributed by atoms with Crippen LogP contribution >= 0.6 is 27.5 Å². The fraction of sp³-hybridized carbons (Fsp3) is 0.200. The van der Waals surface area contributed by atoms with Gasteiger partial charge >= 0.3 is 0 Å². The summed E-state index contributed by atoms with van der Waals surface area (Å²) in [5.74, 6) is -0.236. The third-order valence-corrected chi connectivity index (χ3v) is 3.59. The van der Waals surface area contributed by atoms with Crippen LogP contribution in [0.4, 0.5) is 4.39 Å². The summed E-state index contributed by atoms with van der Waals surface area (Å²) >= 11 is 9.28. The van der Waals surface area contributed by atoms with Gasteiger partial charge in [-0.05, 0) is 36.4 Å². The van der Waals surface area contributed by atoms with Gasteiger partial charge < -0.3 is 5.32 Å². The highest BCUT2D eigenvalue weighted by Crippen LogP contribution is 2.27. The van der Waals surface area contributed by atoms with Crippen molar-refractivity contribution in [2.24, 2.45) is 0 Å². The van der Waals surface area contributed by atoms with Crippen molar-refractivity contribution in [2.45, 2.75) is 13.0 Å². The molecule has 2 rings (SSSR count). The lowest BCUT2D eigenvalue weighted by Crippen LogP contribution is -2.23. The molecule has 1 atom stereocenters. The summed E-state index contributed by atoms with van der Waals surface area (Å²) < 4.78 is 14.8. The van der Waals surface area contributed by atoms with Crippen molar-refractivity contribution in [1.82, 2.24) is 5.32 Å². The molecule has 0 bridgehead atoms. The first-order chi connectivity index (χ1) is 9.11. The Kier molecular flexibility index (Phi) is 4.97. The Morgan fingerprint density at radius 1 is 1.26 bits per heavy atom. The maximum absolute atomic E-state index is 14.1. The fourth-order valence-electron chi connectivity index (χ4n) is 2.03. The molecule has 0 heterocycles. The second kappa shape index (κ2) is 6.51. The molecule has 2 aromatic carbocycles. The highest BCUT2D eigenvalue weighted by Gasteiger charge is 2.17. The molecule has 0 amide bonds. The van der Waals surface area contributed by atoms with Crippen molar-refractivity contribution in [3.8, 4) is 0 Å². The van der Waals surface area contributed by atoms with E-state index in [-0.39, 0.29) is 11.9 Å². The SMILES string of the molecule is CCNC(c1cccc(Cl)c1)c1ccc(Br)cc1F. The number of benzene rings is 2. The maximum atomic E-state index is 14.1. The summed E-state index contributed by atoms with van der Waals surface area (Å²) in [5, 5.41) is 3.94. The van der Waals surface area contributed by atoms with Crippen LogP contribution in [0.15, 0.2) is 46.9 Å². The molecule has 19 heavy (non-hydrogen) atoms. The average molecular weight is 343 g/mol. The Balaban J connectivity index is 2.45. The molecule has 1 unspecified atom stereocenters. The molecule has 0 saturated carbocycles. The van der Waals surface area contributed by atoms with Crippen LogP contribution < -0.4 is 5.32 Å². The Hall–Kier alpha value is -0.900. The van der Waals surface area contributed by atoms with E-state index in [4.69, 9.17) is 11.6 Å². The summed E-state index contributed by atoms with van der Waals surface area (Å²) in [6, 6.07) is 12.4. The van der Waals surface area contributed by atoms with Crippen LogP contribution in [-0.2, 0) is 0 Å². The van der Waals surface area contributed by atoms with Crippen LogP contribution in [0, 0.1) is 5.82 Å². The first kappa shape index (κ1) is 14.5. The second-order valence-electron chi connectivity index (χ2n) is 4.21. The van der Waals surface area contributed by atoms with Gasteiger partial charge in [0.15, 0.2) is 0 Å². The highest BCUT2D eigenvalue weighted by atomic mass is 79.9. The van der Waals surface area contributed by atoms with E-state index in [1.165, 1.54) is 6.07 Å². The van der Waals surface area contributed by atoms with Gasteiger partial charge in [0.05, 0.1) is 6.04 Å². The van der Waals surface area contributed by atoms with Crippen LogP contribution in [0.1, 0.15) is 24.1 Å². The van der Waals surface area contributed by atoms with E-state index >= 15 is 0 Å². The molecule has 4 heteroatoms. The zero-order chi connectivity index (χ0) is 13.8.